The van der Waals surface area contributed by atoms with E-state index in [1.807, 2.05) is 54.0 Å². The first kappa shape index (κ1) is 21.9. The molecule has 0 bridgehead atoms. The fourth-order valence-corrected chi connectivity index (χ4v) is 4.24. The molecule has 2 aromatic carbocycles. The van der Waals surface area contributed by atoms with Gasteiger partial charge in [-0.2, -0.15) is 0 Å². The van der Waals surface area contributed by atoms with Crippen LogP contribution in [0.4, 0.5) is 5.69 Å². The maximum atomic E-state index is 12.4. The number of carbonyl (C=O) groups is 1. The number of nitrogens with zero attached hydrogens (tertiary/aromatic N) is 3. The highest BCUT2D eigenvalue weighted by atomic mass is 79.9. The predicted octanol–water partition coefficient (Wildman–Crippen LogP) is 5.15. The second kappa shape index (κ2) is 10.3. The molecule has 0 saturated heterocycles. The van der Waals surface area contributed by atoms with Gasteiger partial charge in [-0.05, 0) is 58.7 Å². The quantitative estimate of drug-likeness (QED) is 0.401. The van der Waals surface area contributed by atoms with E-state index in [9.17, 15) is 4.79 Å². The Morgan fingerprint density at radius 3 is 2.62 bits per heavy atom. The highest BCUT2D eigenvalue weighted by Gasteiger charge is 2.14. The van der Waals surface area contributed by atoms with Crippen LogP contribution >= 0.6 is 43.6 Å². The molecule has 9 heteroatoms. The lowest BCUT2D eigenvalue weighted by molar-refractivity contribution is -0.113. The molecule has 152 valence electrons. The minimum Gasteiger partial charge on any atom is -0.497 e. The standard InChI is InChI=1S/C20H20Br2N4O2S/c1-3-26-18(10-13-4-7-15(28-2)8-5-13)24-25-20(26)29-12-19(27)23-17-11-14(21)6-9-16(17)22/h4-9,11H,3,10,12H2,1-2H3,(H,23,27). The summed E-state index contributed by atoms with van der Waals surface area (Å²) in [7, 11) is 1.65. The molecular formula is C20H20Br2N4O2S. The van der Waals surface area contributed by atoms with Crippen LogP contribution in [-0.2, 0) is 17.8 Å². The Morgan fingerprint density at radius 1 is 1.17 bits per heavy atom. The SMILES string of the molecule is CCn1c(Cc2ccc(OC)cc2)nnc1SCC(=O)Nc1cc(Br)ccc1Br. The van der Waals surface area contributed by atoms with E-state index in [1.54, 1.807) is 7.11 Å². The zero-order chi connectivity index (χ0) is 20.8. The third-order valence-corrected chi connectivity index (χ3v) is 6.32. The highest BCUT2D eigenvalue weighted by molar-refractivity contribution is 9.11. The minimum atomic E-state index is -0.101. The molecule has 29 heavy (non-hydrogen) atoms. The van der Waals surface area contributed by atoms with Crippen molar-refractivity contribution in [2.75, 3.05) is 18.2 Å². The van der Waals surface area contributed by atoms with Crippen LogP contribution in [0.1, 0.15) is 18.3 Å². The average Bonchev–Trinajstić information content (AvgIpc) is 3.11. The van der Waals surface area contributed by atoms with Crippen molar-refractivity contribution in [2.45, 2.75) is 25.0 Å². The summed E-state index contributed by atoms with van der Waals surface area (Å²) in [6, 6.07) is 13.5. The van der Waals surface area contributed by atoms with E-state index in [2.05, 4.69) is 47.4 Å². The first-order valence-corrected chi connectivity index (χ1v) is 11.5. The van der Waals surface area contributed by atoms with Crippen molar-refractivity contribution in [3.05, 3.63) is 62.8 Å². The number of anilines is 1. The molecule has 1 amide bonds. The topological polar surface area (TPSA) is 69.0 Å². The van der Waals surface area contributed by atoms with Crippen LogP contribution in [0, 0.1) is 0 Å². The van der Waals surface area contributed by atoms with E-state index in [0.717, 1.165) is 43.5 Å². The number of hydrogen-bond acceptors (Lipinski definition) is 5. The number of nitrogens with one attached hydrogen (secondary N) is 1. The highest BCUT2D eigenvalue weighted by Crippen LogP contribution is 2.27. The zero-order valence-corrected chi connectivity index (χ0v) is 20.0. The monoisotopic (exact) mass is 538 g/mol. The first-order valence-electron chi connectivity index (χ1n) is 8.93. The Labute approximate surface area is 190 Å². The van der Waals surface area contributed by atoms with E-state index >= 15 is 0 Å². The van der Waals surface area contributed by atoms with Gasteiger partial charge >= 0.3 is 0 Å². The summed E-state index contributed by atoms with van der Waals surface area (Å²) in [5.74, 6) is 1.84. The third kappa shape index (κ3) is 5.83. The van der Waals surface area contributed by atoms with Gasteiger partial charge in [-0.15, -0.1) is 10.2 Å². The second-order valence-corrected chi connectivity index (χ2v) is 8.84. The summed E-state index contributed by atoms with van der Waals surface area (Å²) in [6.45, 7) is 2.78. The number of halogens is 2. The molecule has 1 N–H and O–H groups in total. The van der Waals surface area contributed by atoms with E-state index in [-0.39, 0.29) is 11.7 Å². The summed E-state index contributed by atoms with van der Waals surface area (Å²) >= 11 is 8.23. The zero-order valence-electron chi connectivity index (χ0n) is 16.0. The molecule has 0 aliphatic rings. The Morgan fingerprint density at radius 2 is 1.93 bits per heavy atom. The van der Waals surface area contributed by atoms with Gasteiger partial charge in [0.15, 0.2) is 5.16 Å². The van der Waals surface area contributed by atoms with Crippen LogP contribution in [-0.4, -0.2) is 33.5 Å². The van der Waals surface area contributed by atoms with Crippen LogP contribution in [0.25, 0.3) is 0 Å². The molecule has 0 saturated carbocycles. The lowest BCUT2D eigenvalue weighted by atomic mass is 10.1. The Bertz CT molecular complexity index is 993. The lowest BCUT2D eigenvalue weighted by Crippen LogP contribution is -2.15. The molecule has 0 fully saturated rings. The molecule has 1 aromatic heterocycles. The number of ether oxygens (including phenoxy) is 1. The molecule has 3 rings (SSSR count). The number of aromatic nitrogens is 3. The molecule has 6 nitrogen and oxygen atoms in total. The lowest BCUT2D eigenvalue weighted by Gasteiger charge is -2.09. The number of rotatable bonds is 8. The number of amides is 1. The van der Waals surface area contributed by atoms with Crippen LogP contribution in [0.5, 0.6) is 5.75 Å². The Kier molecular flexibility index (Phi) is 7.74. The van der Waals surface area contributed by atoms with Gasteiger partial charge in [0.2, 0.25) is 5.91 Å². The molecule has 0 unspecified atom stereocenters. The molecule has 0 radical (unpaired) electrons. The summed E-state index contributed by atoms with van der Waals surface area (Å²) < 4.78 is 8.97. The second-order valence-electron chi connectivity index (χ2n) is 6.13. The fourth-order valence-electron chi connectivity index (χ4n) is 2.71. The van der Waals surface area contributed by atoms with Crippen molar-refractivity contribution >= 4 is 55.2 Å². The minimum absolute atomic E-state index is 0.101. The van der Waals surface area contributed by atoms with E-state index in [0.29, 0.717) is 6.42 Å². The average molecular weight is 540 g/mol. The number of carbonyl (C=O) groups excluding carboxylic acids is 1. The van der Waals surface area contributed by atoms with Crippen molar-refractivity contribution in [3.8, 4) is 5.75 Å². The maximum Gasteiger partial charge on any atom is 0.234 e. The van der Waals surface area contributed by atoms with Crippen LogP contribution < -0.4 is 10.1 Å². The molecular weight excluding hydrogens is 520 g/mol. The smallest absolute Gasteiger partial charge is 0.234 e. The van der Waals surface area contributed by atoms with Crippen LogP contribution in [0.3, 0.4) is 0 Å². The van der Waals surface area contributed by atoms with Gasteiger partial charge in [0, 0.05) is 21.9 Å². The Hall–Kier alpha value is -1.84. The summed E-state index contributed by atoms with van der Waals surface area (Å²) in [5.41, 5.74) is 1.85. The number of benzene rings is 2. The van der Waals surface area contributed by atoms with E-state index in [1.165, 1.54) is 11.8 Å². The predicted molar refractivity (Wildman–Crippen MR) is 123 cm³/mol. The van der Waals surface area contributed by atoms with Gasteiger partial charge in [0.05, 0.1) is 18.6 Å². The van der Waals surface area contributed by atoms with Crippen molar-refractivity contribution in [3.63, 3.8) is 0 Å². The third-order valence-electron chi connectivity index (χ3n) is 4.17. The molecule has 1 heterocycles. The van der Waals surface area contributed by atoms with E-state index in [4.69, 9.17) is 4.74 Å². The normalized spacial score (nSPS) is 10.8. The molecule has 0 aliphatic heterocycles. The van der Waals surface area contributed by atoms with Gasteiger partial charge in [-0.25, -0.2) is 0 Å². The van der Waals surface area contributed by atoms with Crippen LogP contribution in [0.2, 0.25) is 0 Å². The van der Waals surface area contributed by atoms with Crippen molar-refractivity contribution in [1.82, 2.24) is 14.8 Å². The molecule has 3 aromatic rings. The number of hydrogen-bond donors (Lipinski definition) is 1. The van der Waals surface area contributed by atoms with E-state index < -0.39 is 0 Å². The number of methoxy groups -OCH3 is 1. The number of thioether (sulfide) groups is 1. The molecule has 0 aliphatic carbocycles. The summed E-state index contributed by atoms with van der Waals surface area (Å²) in [5, 5.41) is 12.3. The van der Waals surface area contributed by atoms with Crippen molar-refractivity contribution in [2.24, 2.45) is 0 Å². The van der Waals surface area contributed by atoms with Crippen LogP contribution in [0.15, 0.2) is 56.6 Å². The first-order chi connectivity index (χ1) is 14.0. The molecule has 0 spiro atoms. The van der Waals surface area contributed by atoms with Gasteiger partial charge in [-0.1, -0.05) is 39.8 Å². The van der Waals surface area contributed by atoms with Gasteiger partial charge < -0.3 is 14.6 Å². The van der Waals surface area contributed by atoms with Crippen molar-refractivity contribution < 1.29 is 9.53 Å². The maximum absolute atomic E-state index is 12.4. The van der Waals surface area contributed by atoms with Gasteiger partial charge in [-0.3, -0.25) is 4.79 Å². The molecule has 0 atom stereocenters. The van der Waals surface area contributed by atoms with Gasteiger partial charge in [0.1, 0.15) is 11.6 Å². The summed E-state index contributed by atoms with van der Waals surface area (Å²) in [4.78, 5) is 12.4. The van der Waals surface area contributed by atoms with Gasteiger partial charge in [0.25, 0.3) is 0 Å². The van der Waals surface area contributed by atoms with Crippen molar-refractivity contribution in [1.29, 1.82) is 0 Å². The largest absolute Gasteiger partial charge is 0.497 e. The fraction of sp³-hybridized carbons (Fsp3) is 0.250. The Balaban J connectivity index is 1.63. The summed E-state index contributed by atoms with van der Waals surface area (Å²) in [6.07, 6.45) is 0.669.